The van der Waals surface area contributed by atoms with E-state index in [1.165, 1.54) is 19.3 Å². The zero-order valence-electron chi connectivity index (χ0n) is 10.9. The Bertz CT molecular complexity index is 266. The highest BCUT2D eigenvalue weighted by molar-refractivity contribution is 6.13. The molecule has 0 radical (unpaired) electrons. The van der Waals surface area contributed by atoms with Crippen LogP contribution >= 0.6 is 0 Å². The van der Waals surface area contributed by atoms with Gasteiger partial charge in [-0.15, -0.1) is 0 Å². The second-order valence-corrected chi connectivity index (χ2v) is 7.32. The largest absolute Gasteiger partial charge is 0.399 e. The van der Waals surface area contributed by atoms with Crippen LogP contribution in [-0.2, 0) is 0 Å². The van der Waals surface area contributed by atoms with E-state index < -0.39 is 5.50 Å². The molecule has 2 bridgehead atoms. The van der Waals surface area contributed by atoms with Gasteiger partial charge in [0.15, 0.2) is 0 Å². The standard InChI is InChI=1S/C13H25BO/c1-11(2)9-5-6-12(11,3)10(7-9)8-13(4,14)15/h9-10,15H,5-8,14H2,1-4H3. The van der Waals surface area contributed by atoms with Crippen LogP contribution < -0.4 is 0 Å². The Balaban J connectivity index is 2.19. The first-order chi connectivity index (χ1) is 6.67. The molecular formula is C13H25BO. The minimum absolute atomic E-state index is 0.470. The van der Waals surface area contributed by atoms with E-state index in [1.54, 1.807) is 0 Å². The predicted octanol–water partition coefficient (Wildman–Crippen LogP) is 2.18. The molecular weight excluding hydrogens is 183 g/mol. The van der Waals surface area contributed by atoms with Gasteiger partial charge in [-0.2, -0.15) is 0 Å². The second kappa shape index (κ2) is 3.03. The minimum Gasteiger partial charge on any atom is -0.399 e. The highest BCUT2D eigenvalue weighted by Crippen LogP contribution is 2.69. The molecule has 1 N–H and O–H groups in total. The zero-order chi connectivity index (χ0) is 11.5. The van der Waals surface area contributed by atoms with Gasteiger partial charge >= 0.3 is 0 Å². The first-order valence-corrected chi connectivity index (χ1v) is 6.39. The second-order valence-electron chi connectivity index (χ2n) is 7.32. The fourth-order valence-corrected chi connectivity index (χ4v) is 4.28. The van der Waals surface area contributed by atoms with Crippen LogP contribution in [0.3, 0.4) is 0 Å². The van der Waals surface area contributed by atoms with Crippen LogP contribution in [0.15, 0.2) is 0 Å². The smallest absolute Gasteiger partial charge is 0.142 e. The van der Waals surface area contributed by atoms with Gasteiger partial charge in [-0.3, -0.25) is 0 Å². The highest BCUT2D eigenvalue weighted by Gasteiger charge is 2.61. The van der Waals surface area contributed by atoms with Gasteiger partial charge in [0.25, 0.3) is 0 Å². The average Bonchev–Trinajstić information content (AvgIpc) is 2.34. The summed E-state index contributed by atoms with van der Waals surface area (Å²) in [5, 5.41) is 9.99. The van der Waals surface area contributed by atoms with Gasteiger partial charge in [0, 0.05) is 5.50 Å². The maximum atomic E-state index is 9.99. The van der Waals surface area contributed by atoms with E-state index in [1.807, 2.05) is 14.8 Å². The third kappa shape index (κ3) is 1.56. The summed E-state index contributed by atoms with van der Waals surface area (Å²) in [4.78, 5) is 0. The predicted molar refractivity (Wildman–Crippen MR) is 66.5 cm³/mol. The van der Waals surface area contributed by atoms with Gasteiger partial charge in [0.2, 0.25) is 0 Å². The maximum absolute atomic E-state index is 9.99. The van der Waals surface area contributed by atoms with E-state index in [4.69, 9.17) is 0 Å². The number of hydrogen-bond donors (Lipinski definition) is 1. The molecule has 0 aromatic heterocycles. The Kier molecular flexibility index (Phi) is 2.32. The van der Waals surface area contributed by atoms with Crippen molar-refractivity contribution in [2.45, 2.75) is 58.9 Å². The summed E-state index contributed by atoms with van der Waals surface area (Å²) in [5.41, 5.74) is 0.467. The summed E-state index contributed by atoms with van der Waals surface area (Å²) in [6.45, 7) is 9.29. The van der Waals surface area contributed by atoms with Gasteiger partial charge < -0.3 is 5.11 Å². The lowest BCUT2D eigenvalue weighted by Gasteiger charge is -2.41. The van der Waals surface area contributed by atoms with Crippen molar-refractivity contribution in [2.24, 2.45) is 22.7 Å². The van der Waals surface area contributed by atoms with Crippen molar-refractivity contribution < 1.29 is 5.11 Å². The van der Waals surface area contributed by atoms with Gasteiger partial charge in [-0.05, 0) is 55.3 Å². The Morgan fingerprint density at radius 3 is 2.33 bits per heavy atom. The van der Waals surface area contributed by atoms with Crippen molar-refractivity contribution in [3.05, 3.63) is 0 Å². The van der Waals surface area contributed by atoms with E-state index >= 15 is 0 Å². The van der Waals surface area contributed by atoms with Gasteiger partial charge in [0.1, 0.15) is 7.85 Å². The number of rotatable bonds is 2. The first kappa shape index (κ1) is 11.5. The quantitative estimate of drug-likeness (QED) is 0.689. The zero-order valence-corrected chi connectivity index (χ0v) is 10.9. The van der Waals surface area contributed by atoms with Gasteiger partial charge in [-0.25, -0.2) is 0 Å². The summed E-state index contributed by atoms with van der Waals surface area (Å²) in [7, 11) is 1.95. The topological polar surface area (TPSA) is 20.2 Å². The molecule has 0 spiro atoms. The van der Waals surface area contributed by atoms with Crippen molar-refractivity contribution >= 4 is 7.85 Å². The van der Waals surface area contributed by atoms with Crippen LogP contribution in [0.25, 0.3) is 0 Å². The molecule has 2 aliphatic carbocycles. The molecule has 4 atom stereocenters. The third-order valence-corrected chi connectivity index (χ3v) is 5.72. The van der Waals surface area contributed by atoms with Crippen LogP contribution in [0.1, 0.15) is 53.4 Å². The summed E-state index contributed by atoms with van der Waals surface area (Å²) >= 11 is 0. The van der Waals surface area contributed by atoms with E-state index in [9.17, 15) is 5.11 Å². The Morgan fingerprint density at radius 1 is 1.40 bits per heavy atom. The molecule has 0 heterocycles. The monoisotopic (exact) mass is 208 g/mol. The van der Waals surface area contributed by atoms with Crippen molar-refractivity contribution in [2.75, 3.05) is 0 Å². The Hall–Kier alpha value is 0.0249. The first-order valence-electron chi connectivity index (χ1n) is 6.39. The fraction of sp³-hybridized carbons (Fsp3) is 1.00. The SMILES string of the molecule is BC(C)(O)CC1CC2CCC1(C)C2(C)C. The van der Waals surface area contributed by atoms with Gasteiger partial charge in [0.05, 0.1) is 0 Å². The molecule has 86 valence electrons. The molecule has 0 aromatic carbocycles. The molecule has 2 saturated carbocycles. The molecule has 0 saturated heterocycles. The normalized spacial score (nSPS) is 46.7. The molecule has 2 fully saturated rings. The molecule has 1 nitrogen and oxygen atoms in total. The fourth-order valence-electron chi connectivity index (χ4n) is 4.28. The Morgan fingerprint density at radius 2 is 2.00 bits per heavy atom. The van der Waals surface area contributed by atoms with Crippen molar-refractivity contribution in [1.82, 2.24) is 0 Å². The number of fused-ring (bicyclic) bond motifs is 2. The Labute approximate surface area is 95.1 Å². The van der Waals surface area contributed by atoms with E-state index in [-0.39, 0.29) is 0 Å². The lowest BCUT2D eigenvalue weighted by Crippen LogP contribution is -2.37. The third-order valence-electron chi connectivity index (χ3n) is 5.72. The van der Waals surface area contributed by atoms with Crippen LogP contribution in [-0.4, -0.2) is 18.5 Å². The maximum Gasteiger partial charge on any atom is 0.142 e. The lowest BCUT2D eigenvalue weighted by molar-refractivity contribution is 0.0454. The van der Waals surface area contributed by atoms with E-state index in [0.29, 0.717) is 10.8 Å². The minimum atomic E-state index is -0.492. The molecule has 15 heavy (non-hydrogen) atoms. The van der Waals surface area contributed by atoms with E-state index in [2.05, 4.69) is 20.8 Å². The number of hydrogen-bond acceptors (Lipinski definition) is 1. The summed E-state index contributed by atoms with van der Waals surface area (Å²) in [6, 6.07) is 0. The summed E-state index contributed by atoms with van der Waals surface area (Å²) in [5.74, 6) is 1.63. The molecule has 2 aliphatic rings. The van der Waals surface area contributed by atoms with Crippen LogP contribution in [0.2, 0.25) is 0 Å². The summed E-state index contributed by atoms with van der Waals surface area (Å²) < 4.78 is 0. The average molecular weight is 208 g/mol. The number of aliphatic hydroxyl groups is 1. The van der Waals surface area contributed by atoms with E-state index in [0.717, 1.165) is 18.3 Å². The molecule has 4 unspecified atom stereocenters. The molecule has 0 aromatic rings. The van der Waals surface area contributed by atoms with Crippen LogP contribution in [0.5, 0.6) is 0 Å². The van der Waals surface area contributed by atoms with Gasteiger partial charge in [-0.1, -0.05) is 20.8 Å². The molecule has 0 aliphatic heterocycles. The molecule has 0 amide bonds. The van der Waals surface area contributed by atoms with Crippen molar-refractivity contribution in [1.29, 1.82) is 0 Å². The van der Waals surface area contributed by atoms with Crippen molar-refractivity contribution in [3.8, 4) is 0 Å². The van der Waals surface area contributed by atoms with Crippen LogP contribution in [0, 0.1) is 22.7 Å². The summed E-state index contributed by atoms with van der Waals surface area (Å²) in [6.07, 6.45) is 5.09. The lowest BCUT2D eigenvalue weighted by atomic mass is 9.62. The molecule has 2 rings (SSSR count). The highest BCUT2D eigenvalue weighted by atomic mass is 16.3. The van der Waals surface area contributed by atoms with Crippen LogP contribution in [0.4, 0.5) is 0 Å². The molecule has 2 heteroatoms. The van der Waals surface area contributed by atoms with Crippen molar-refractivity contribution in [3.63, 3.8) is 0 Å².